The van der Waals surface area contributed by atoms with Crippen LogP contribution in [0.3, 0.4) is 0 Å². The highest BCUT2D eigenvalue weighted by molar-refractivity contribution is 5.95. The normalized spacial score (nSPS) is 13.8. The van der Waals surface area contributed by atoms with Crippen LogP contribution < -0.4 is 0 Å². The molecule has 5 aromatic rings. The van der Waals surface area contributed by atoms with E-state index in [9.17, 15) is 0 Å². The van der Waals surface area contributed by atoms with Crippen LogP contribution in [0.4, 0.5) is 0 Å². The van der Waals surface area contributed by atoms with Gasteiger partial charge in [0.2, 0.25) is 0 Å². The molecule has 0 bridgehead atoms. The molecule has 1 spiro atoms. The van der Waals surface area contributed by atoms with Gasteiger partial charge in [0, 0.05) is 0 Å². The highest BCUT2D eigenvalue weighted by Gasteiger charge is 2.51. The van der Waals surface area contributed by atoms with E-state index in [4.69, 9.17) is 0 Å². The molecule has 0 nitrogen and oxygen atoms in total. The second-order valence-electron chi connectivity index (χ2n) is 9.34. The zero-order chi connectivity index (χ0) is 22.7. The summed E-state index contributed by atoms with van der Waals surface area (Å²) in [6, 6.07) is 42.9. The minimum absolute atomic E-state index is 0.258. The Bertz CT molecular complexity index is 1540. The van der Waals surface area contributed by atoms with Crippen molar-refractivity contribution >= 4 is 0 Å². The van der Waals surface area contributed by atoms with Crippen LogP contribution in [0.15, 0.2) is 128 Å². The molecule has 5 aromatic carbocycles. The van der Waals surface area contributed by atoms with Gasteiger partial charge in [-0.15, -0.1) is 6.58 Å². The van der Waals surface area contributed by atoms with Crippen LogP contribution in [0.5, 0.6) is 0 Å². The molecule has 34 heavy (non-hydrogen) atoms. The Morgan fingerprint density at radius 2 is 0.971 bits per heavy atom. The SMILES string of the molecule is C=CCc1ccc(-c2ccc3c(c2)-c2ccccc2C32c3ccccc3-c3ccccc32)cc1. The summed E-state index contributed by atoms with van der Waals surface area (Å²) < 4.78 is 0. The summed E-state index contributed by atoms with van der Waals surface area (Å²) in [7, 11) is 0. The van der Waals surface area contributed by atoms with Gasteiger partial charge in [0.1, 0.15) is 0 Å². The molecule has 0 aliphatic heterocycles. The van der Waals surface area contributed by atoms with Crippen molar-refractivity contribution in [1.82, 2.24) is 0 Å². The molecule has 0 heterocycles. The highest BCUT2D eigenvalue weighted by atomic mass is 14.5. The summed E-state index contributed by atoms with van der Waals surface area (Å²) >= 11 is 0. The first-order valence-electron chi connectivity index (χ1n) is 12.0. The van der Waals surface area contributed by atoms with Crippen molar-refractivity contribution in [3.63, 3.8) is 0 Å². The maximum Gasteiger partial charge on any atom is 0.0725 e. The van der Waals surface area contributed by atoms with E-state index < -0.39 is 0 Å². The van der Waals surface area contributed by atoms with Crippen LogP contribution in [0, 0.1) is 0 Å². The van der Waals surface area contributed by atoms with Crippen LogP contribution in [0.2, 0.25) is 0 Å². The predicted octanol–water partition coefficient (Wildman–Crippen LogP) is 8.43. The minimum atomic E-state index is -0.258. The summed E-state index contributed by atoms with van der Waals surface area (Å²) in [5.74, 6) is 0. The Balaban J connectivity index is 1.51. The molecule has 0 amide bonds. The molecule has 0 radical (unpaired) electrons. The van der Waals surface area contributed by atoms with Gasteiger partial charge in [-0.1, -0.05) is 115 Å². The average Bonchev–Trinajstić information content (AvgIpc) is 3.36. The topological polar surface area (TPSA) is 0 Å². The molecule has 0 N–H and O–H groups in total. The van der Waals surface area contributed by atoms with Crippen LogP contribution in [0.1, 0.15) is 27.8 Å². The Hall–Kier alpha value is -4.16. The maximum absolute atomic E-state index is 3.86. The molecular weight excluding hydrogens is 408 g/mol. The number of allylic oxidation sites excluding steroid dienone is 1. The highest BCUT2D eigenvalue weighted by Crippen LogP contribution is 2.62. The Labute approximate surface area is 200 Å². The monoisotopic (exact) mass is 432 g/mol. The van der Waals surface area contributed by atoms with Crippen molar-refractivity contribution in [1.29, 1.82) is 0 Å². The molecule has 0 aromatic heterocycles. The molecule has 0 heteroatoms. The van der Waals surface area contributed by atoms with Gasteiger partial charge in [0.05, 0.1) is 5.41 Å². The van der Waals surface area contributed by atoms with E-state index in [-0.39, 0.29) is 5.41 Å². The lowest BCUT2D eigenvalue weighted by Crippen LogP contribution is -2.25. The number of hydrogen-bond acceptors (Lipinski definition) is 0. The first-order chi connectivity index (χ1) is 16.8. The second kappa shape index (κ2) is 7.17. The molecule has 0 saturated heterocycles. The molecule has 2 aliphatic rings. The van der Waals surface area contributed by atoms with Gasteiger partial charge in [-0.25, -0.2) is 0 Å². The molecular formula is C34H24. The van der Waals surface area contributed by atoms with Gasteiger partial charge >= 0.3 is 0 Å². The third-order valence-corrected chi connectivity index (χ3v) is 7.66. The Morgan fingerprint density at radius 1 is 0.500 bits per heavy atom. The Kier molecular flexibility index (Phi) is 4.07. The lowest BCUT2D eigenvalue weighted by molar-refractivity contribution is 0.794. The van der Waals surface area contributed by atoms with E-state index in [1.165, 1.54) is 61.2 Å². The average molecular weight is 433 g/mol. The van der Waals surface area contributed by atoms with Crippen LogP contribution in [-0.2, 0) is 11.8 Å². The number of benzene rings is 5. The van der Waals surface area contributed by atoms with Gasteiger partial charge < -0.3 is 0 Å². The number of hydrogen-bond donors (Lipinski definition) is 0. The largest absolute Gasteiger partial charge is 0.103 e. The van der Waals surface area contributed by atoms with Crippen LogP contribution >= 0.6 is 0 Å². The quantitative estimate of drug-likeness (QED) is 0.246. The van der Waals surface area contributed by atoms with E-state index >= 15 is 0 Å². The van der Waals surface area contributed by atoms with Crippen LogP contribution in [-0.4, -0.2) is 0 Å². The molecule has 0 unspecified atom stereocenters. The van der Waals surface area contributed by atoms with E-state index in [0.29, 0.717) is 0 Å². The molecule has 0 atom stereocenters. The van der Waals surface area contributed by atoms with E-state index in [1.807, 2.05) is 6.08 Å². The van der Waals surface area contributed by atoms with Gasteiger partial charge in [0.25, 0.3) is 0 Å². The fourth-order valence-electron chi connectivity index (χ4n) is 6.28. The fourth-order valence-corrected chi connectivity index (χ4v) is 6.28. The third kappa shape index (κ3) is 2.43. The first kappa shape index (κ1) is 19.3. The zero-order valence-electron chi connectivity index (χ0n) is 19.0. The van der Waals surface area contributed by atoms with E-state index in [1.54, 1.807) is 0 Å². The summed E-state index contributed by atoms with van der Waals surface area (Å²) in [5.41, 5.74) is 14.5. The first-order valence-corrected chi connectivity index (χ1v) is 12.0. The summed E-state index contributed by atoms with van der Waals surface area (Å²) in [5, 5.41) is 0. The van der Waals surface area contributed by atoms with Crippen molar-refractivity contribution in [2.75, 3.05) is 0 Å². The summed E-state index contributed by atoms with van der Waals surface area (Å²) in [6.07, 6.45) is 2.86. The lowest BCUT2D eigenvalue weighted by atomic mass is 9.70. The minimum Gasteiger partial charge on any atom is -0.103 e. The van der Waals surface area contributed by atoms with E-state index in [2.05, 4.69) is 122 Å². The van der Waals surface area contributed by atoms with Crippen molar-refractivity contribution in [2.24, 2.45) is 0 Å². The third-order valence-electron chi connectivity index (χ3n) is 7.66. The molecule has 0 saturated carbocycles. The van der Waals surface area contributed by atoms with Crippen LogP contribution in [0.25, 0.3) is 33.4 Å². The molecule has 160 valence electrons. The summed E-state index contributed by atoms with van der Waals surface area (Å²) in [6.45, 7) is 3.86. The van der Waals surface area contributed by atoms with Gasteiger partial charge in [-0.05, 0) is 73.7 Å². The van der Waals surface area contributed by atoms with Crippen molar-refractivity contribution in [3.8, 4) is 33.4 Å². The van der Waals surface area contributed by atoms with Crippen molar-refractivity contribution in [2.45, 2.75) is 11.8 Å². The van der Waals surface area contributed by atoms with E-state index in [0.717, 1.165) is 6.42 Å². The smallest absolute Gasteiger partial charge is 0.0725 e. The standard InChI is InChI=1S/C34H24/c1-2-9-23-16-18-24(19-17-23)25-20-21-33-29(22-25)28-12-5-8-15-32(28)34(33)30-13-6-3-10-26(30)27-11-4-7-14-31(27)34/h2-8,10-22H,1,9H2. The predicted molar refractivity (Wildman–Crippen MR) is 142 cm³/mol. The number of fused-ring (bicyclic) bond motifs is 10. The maximum atomic E-state index is 3.86. The lowest BCUT2D eigenvalue weighted by Gasteiger charge is -2.30. The van der Waals surface area contributed by atoms with Crippen molar-refractivity contribution < 1.29 is 0 Å². The van der Waals surface area contributed by atoms with Gasteiger partial charge in [-0.3, -0.25) is 0 Å². The van der Waals surface area contributed by atoms with Gasteiger partial charge in [0.15, 0.2) is 0 Å². The number of rotatable bonds is 3. The second-order valence-corrected chi connectivity index (χ2v) is 9.34. The fraction of sp³-hybridized carbons (Fsp3) is 0.0588. The zero-order valence-corrected chi connectivity index (χ0v) is 19.0. The van der Waals surface area contributed by atoms with Gasteiger partial charge in [-0.2, -0.15) is 0 Å². The molecule has 0 fully saturated rings. The summed E-state index contributed by atoms with van der Waals surface area (Å²) in [4.78, 5) is 0. The van der Waals surface area contributed by atoms with Crippen molar-refractivity contribution in [3.05, 3.63) is 156 Å². The molecule has 7 rings (SSSR count). The molecule has 2 aliphatic carbocycles. The Morgan fingerprint density at radius 3 is 1.53 bits per heavy atom.